The number of H-pyrrole nitrogens is 1. The first-order chi connectivity index (χ1) is 13.1. The number of nitrogens with zero attached hydrogens (tertiary/aromatic N) is 1. The molecule has 1 heterocycles. The van der Waals surface area contributed by atoms with Crippen LogP contribution in [0.1, 0.15) is 21.5 Å². The molecule has 27 heavy (non-hydrogen) atoms. The number of aliphatic imine (C=N–C) groups is 1. The minimum absolute atomic E-state index is 0.251. The zero-order valence-corrected chi connectivity index (χ0v) is 15.1. The molecular weight excluding hydrogens is 345 g/mol. The zero-order chi connectivity index (χ0) is 19.2. The predicted octanol–water partition coefficient (Wildman–Crippen LogP) is 2.31. The number of nitrogens with two attached hydrogens (primary N) is 1. The summed E-state index contributed by atoms with van der Waals surface area (Å²) in [4.78, 5) is 18.5. The van der Waals surface area contributed by atoms with E-state index in [1.54, 1.807) is 31.3 Å². The first kappa shape index (κ1) is 18.4. The Bertz CT molecular complexity index is 979. The van der Waals surface area contributed by atoms with Gasteiger partial charge in [0.15, 0.2) is 5.96 Å². The van der Waals surface area contributed by atoms with Gasteiger partial charge in [-0.05, 0) is 47.9 Å². The molecule has 0 saturated carbocycles. The lowest BCUT2D eigenvalue weighted by atomic mass is 10.1. The average molecular weight is 367 g/mol. The van der Waals surface area contributed by atoms with Crippen molar-refractivity contribution < 1.29 is 9.18 Å². The Morgan fingerprint density at radius 3 is 2.85 bits per heavy atom. The van der Waals surface area contributed by atoms with Crippen molar-refractivity contribution >= 4 is 22.8 Å². The number of benzene rings is 2. The number of hydrogen-bond acceptors (Lipinski definition) is 2. The highest BCUT2D eigenvalue weighted by molar-refractivity contribution is 5.93. The predicted molar refractivity (Wildman–Crippen MR) is 105 cm³/mol. The normalized spacial score (nSPS) is 11.6. The number of amides is 1. The van der Waals surface area contributed by atoms with Crippen LogP contribution in [0.15, 0.2) is 53.7 Å². The summed E-state index contributed by atoms with van der Waals surface area (Å²) < 4.78 is 13.3. The van der Waals surface area contributed by atoms with Crippen LogP contribution in [0.3, 0.4) is 0 Å². The van der Waals surface area contributed by atoms with E-state index in [4.69, 9.17) is 5.73 Å². The fourth-order valence-corrected chi connectivity index (χ4v) is 2.92. The van der Waals surface area contributed by atoms with Crippen molar-refractivity contribution in [3.8, 4) is 0 Å². The second kappa shape index (κ2) is 8.35. The number of carbonyl (C=O) groups excluding carboxylic acids is 1. The third-order valence-corrected chi connectivity index (χ3v) is 4.31. The number of halogens is 1. The molecule has 3 aromatic rings. The van der Waals surface area contributed by atoms with Gasteiger partial charge in [0.05, 0.1) is 0 Å². The molecule has 0 aliphatic heterocycles. The highest BCUT2D eigenvalue weighted by Gasteiger charge is 2.06. The molecule has 6 nitrogen and oxygen atoms in total. The molecule has 7 heteroatoms. The highest BCUT2D eigenvalue weighted by Crippen LogP contribution is 2.19. The molecule has 0 atom stereocenters. The molecule has 0 aliphatic rings. The molecule has 0 fully saturated rings. The van der Waals surface area contributed by atoms with E-state index in [2.05, 4.69) is 20.6 Å². The first-order valence-corrected chi connectivity index (χ1v) is 8.65. The maximum atomic E-state index is 13.3. The number of aromatic nitrogens is 1. The molecule has 0 spiro atoms. The van der Waals surface area contributed by atoms with E-state index in [1.165, 1.54) is 12.1 Å². The van der Waals surface area contributed by atoms with Gasteiger partial charge in [-0.2, -0.15) is 0 Å². The van der Waals surface area contributed by atoms with Crippen molar-refractivity contribution in [3.63, 3.8) is 0 Å². The fraction of sp³-hybridized carbons (Fsp3) is 0.200. The van der Waals surface area contributed by atoms with Gasteiger partial charge in [-0.3, -0.25) is 9.79 Å². The third-order valence-electron chi connectivity index (χ3n) is 4.31. The van der Waals surface area contributed by atoms with Gasteiger partial charge in [0.25, 0.3) is 0 Å². The number of carbonyl (C=O) groups is 1. The van der Waals surface area contributed by atoms with Gasteiger partial charge in [-0.1, -0.05) is 12.1 Å². The summed E-state index contributed by atoms with van der Waals surface area (Å²) in [6.45, 7) is 1.19. The van der Waals surface area contributed by atoms with Gasteiger partial charge in [0, 0.05) is 42.8 Å². The van der Waals surface area contributed by atoms with E-state index in [9.17, 15) is 9.18 Å². The number of aromatic amines is 1. The molecule has 5 N–H and O–H groups in total. The summed E-state index contributed by atoms with van der Waals surface area (Å²) in [5, 5.41) is 7.47. The largest absolute Gasteiger partial charge is 0.366 e. The van der Waals surface area contributed by atoms with Crippen LogP contribution in [-0.4, -0.2) is 30.4 Å². The number of guanidine groups is 1. The van der Waals surface area contributed by atoms with Crippen molar-refractivity contribution in [3.05, 3.63) is 71.2 Å². The summed E-state index contributed by atoms with van der Waals surface area (Å²) >= 11 is 0. The number of nitrogens with one attached hydrogen (secondary N) is 3. The lowest BCUT2D eigenvalue weighted by Gasteiger charge is -2.12. The Labute approximate surface area is 156 Å². The average Bonchev–Trinajstić information content (AvgIpc) is 3.06. The van der Waals surface area contributed by atoms with Gasteiger partial charge in [-0.25, -0.2) is 4.39 Å². The van der Waals surface area contributed by atoms with E-state index in [1.807, 2.05) is 12.3 Å². The van der Waals surface area contributed by atoms with Crippen molar-refractivity contribution in [2.45, 2.75) is 13.0 Å². The lowest BCUT2D eigenvalue weighted by molar-refractivity contribution is 0.1000. The SMILES string of the molecule is CN=C(NCCc1c[nH]c2cc(F)ccc12)NCc1cccc(C(N)=O)c1. The standard InChI is InChI=1S/C20H22FN5O/c1-23-20(26-11-13-3-2-4-14(9-13)19(22)27)24-8-7-15-12-25-18-10-16(21)5-6-17(15)18/h2-6,9-10,12,25H,7-8,11H2,1H3,(H2,22,27)(H2,23,24,26). The summed E-state index contributed by atoms with van der Waals surface area (Å²) in [5.74, 6) is -0.0395. The molecule has 3 rings (SSSR count). The summed E-state index contributed by atoms with van der Waals surface area (Å²) in [6, 6.07) is 11.9. The van der Waals surface area contributed by atoms with E-state index in [-0.39, 0.29) is 5.82 Å². The minimum atomic E-state index is -0.446. The maximum absolute atomic E-state index is 13.3. The van der Waals surface area contributed by atoms with E-state index < -0.39 is 5.91 Å². The molecule has 0 saturated heterocycles. The summed E-state index contributed by atoms with van der Waals surface area (Å²) in [5.41, 5.74) is 8.63. The second-order valence-electron chi connectivity index (χ2n) is 6.17. The lowest BCUT2D eigenvalue weighted by Crippen LogP contribution is -2.37. The van der Waals surface area contributed by atoms with Crippen molar-refractivity contribution in [2.75, 3.05) is 13.6 Å². The Morgan fingerprint density at radius 2 is 2.07 bits per heavy atom. The Hall–Kier alpha value is -3.35. The Kier molecular flexibility index (Phi) is 5.71. The molecule has 0 unspecified atom stereocenters. The van der Waals surface area contributed by atoms with Gasteiger partial charge in [0.2, 0.25) is 5.91 Å². The molecule has 0 aliphatic carbocycles. The van der Waals surface area contributed by atoms with Crippen LogP contribution in [0, 0.1) is 5.82 Å². The molecule has 1 amide bonds. The van der Waals surface area contributed by atoms with Crippen LogP contribution in [0.25, 0.3) is 10.9 Å². The topological polar surface area (TPSA) is 95.3 Å². The molecule has 0 radical (unpaired) electrons. The molecule has 2 aromatic carbocycles. The number of fused-ring (bicyclic) bond motifs is 1. The number of rotatable bonds is 6. The van der Waals surface area contributed by atoms with Crippen molar-refractivity contribution in [2.24, 2.45) is 10.7 Å². The van der Waals surface area contributed by atoms with Crippen LogP contribution < -0.4 is 16.4 Å². The number of hydrogen-bond donors (Lipinski definition) is 4. The van der Waals surface area contributed by atoms with Crippen molar-refractivity contribution in [1.29, 1.82) is 0 Å². The first-order valence-electron chi connectivity index (χ1n) is 8.65. The minimum Gasteiger partial charge on any atom is -0.366 e. The van der Waals surface area contributed by atoms with E-state index >= 15 is 0 Å². The zero-order valence-electron chi connectivity index (χ0n) is 15.1. The highest BCUT2D eigenvalue weighted by atomic mass is 19.1. The summed E-state index contributed by atoms with van der Waals surface area (Å²) in [7, 11) is 1.70. The van der Waals surface area contributed by atoms with Crippen LogP contribution in [0.4, 0.5) is 4.39 Å². The fourth-order valence-electron chi connectivity index (χ4n) is 2.92. The molecular formula is C20H22FN5O. The van der Waals surface area contributed by atoms with Gasteiger partial charge in [-0.15, -0.1) is 0 Å². The second-order valence-corrected chi connectivity index (χ2v) is 6.17. The third kappa shape index (κ3) is 4.63. The number of primary amides is 1. The monoisotopic (exact) mass is 367 g/mol. The van der Waals surface area contributed by atoms with Crippen molar-refractivity contribution in [1.82, 2.24) is 15.6 Å². The molecule has 0 bridgehead atoms. The molecule has 140 valence electrons. The van der Waals surface area contributed by atoms with Gasteiger partial charge >= 0.3 is 0 Å². The summed E-state index contributed by atoms with van der Waals surface area (Å²) in [6.07, 6.45) is 2.67. The van der Waals surface area contributed by atoms with Crippen LogP contribution >= 0.6 is 0 Å². The van der Waals surface area contributed by atoms with Crippen LogP contribution in [0.5, 0.6) is 0 Å². The smallest absolute Gasteiger partial charge is 0.248 e. The van der Waals surface area contributed by atoms with E-state index in [0.717, 1.165) is 28.5 Å². The quantitative estimate of drug-likeness (QED) is 0.398. The molecule has 1 aromatic heterocycles. The maximum Gasteiger partial charge on any atom is 0.248 e. The van der Waals surface area contributed by atoms with Gasteiger partial charge < -0.3 is 21.4 Å². The Balaban J connectivity index is 1.53. The van der Waals surface area contributed by atoms with E-state index in [0.29, 0.717) is 24.6 Å². The Morgan fingerprint density at radius 1 is 1.22 bits per heavy atom. The van der Waals surface area contributed by atoms with Crippen LogP contribution in [0.2, 0.25) is 0 Å². The van der Waals surface area contributed by atoms with Gasteiger partial charge in [0.1, 0.15) is 5.82 Å². The van der Waals surface area contributed by atoms with Crippen LogP contribution in [-0.2, 0) is 13.0 Å².